The van der Waals surface area contributed by atoms with Gasteiger partial charge in [0.15, 0.2) is 11.6 Å². The highest BCUT2D eigenvalue weighted by atomic mass is 19.2. The molecule has 42 heavy (non-hydrogen) atoms. The molecule has 0 radical (unpaired) electrons. The van der Waals surface area contributed by atoms with Crippen LogP contribution in [0.15, 0.2) is 23.5 Å². The summed E-state index contributed by atoms with van der Waals surface area (Å²) in [5, 5.41) is 29.5. The predicted octanol–water partition coefficient (Wildman–Crippen LogP) is 4.17. The average Bonchev–Trinajstić information content (AvgIpc) is 3.44. The average molecular weight is 558 g/mol. The molecule has 5 rings (SSSR count). The van der Waals surface area contributed by atoms with Gasteiger partial charge in [-0.1, -0.05) is 6.07 Å². The van der Waals surface area contributed by atoms with Crippen molar-refractivity contribution in [3.8, 4) is 18.2 Å². The molecule has 2 heterocycles. The lowest BCUT2D eigenvalue weighted by molar-refractivity contribution is 0.451. The van der Waals surface area contributed by atoms with Crippen LogP contribution in [-0.2, 0) is 0 Å². The number of hydrogen-bond acceptors (Lipinski definition) is 9. The molecule has 0 N–H and O–H groups in total. The van der Waals surface area contributed by atoms with E-state index in [1.165, 1.54) is 12.1 Å². The molecule has 16 heteroatoms. The van der Waals surface area contributed by atoms with E-state index >= 15 is 0 Å². The second-order valence-corrected chi connectivity index (χ2v) is 7.93. The number of rotatable bonds is 2. The Bertz CT molecular complexity index is 1970. The van der Waals surface area contributed by atoms with Gasteiger partial charge >= 0.3 is 24.3 Å². The van der Waals surface area contributed by atoms with Crippen molar-refractivity contribution in [1.29, 1.82) is 15.8 Å². The van der Waals surface area contributed by atoms with Crippen LogP contribution in [0.5, 0.6) is 0 Å². The van der Waals surface area contributed by atoms with Crippen LogP contribution in [0.3, 0.4) is 0 Å². The largest absolute Gasteiger partial charge is 0.314 e. The van der Waals surface area contributed by atoms with Gasteiger partial charge in [0.2, 0.25) is 5.70 Å². The molecule has 194 valence electrons. The Labute approximate surface area is 231 Å². The molecule has 2 aliphatic rings. The van der Waals surface area contributed by atoms with E-state index < -0.39 is 58.5 Å². The van der Waals surface area contributed by atoms with Crippen molar-refractivity contribution in [2.45, 2.75) is 0 Å². The van der Waals surface area contributed by atoms with E-state index in [1.54, 1.807) is 12.1 Å². The first-order valence-corrected chi connectivity index (χ1v) is 10.9. The summed E-state index contributed by atoms with van der Waals surface area (Å²) in [5.41, 5.74) is -3.63. The molecule has 0 spiro atoms. The fourth-order valence-electron chi connectivity index (χ4n) is 4.51. The molecule has 1 aromatic carbocycles. The highest BCUT2D eigenvalue weighted by Crippen LogP contribution is 2.54. The minimum absolute atomic E-state index is 0.0498. The van der Waals surface area contributed by atoms with Crippen LogP contribution in [0.4, 0.5) is 17.6 Å². The molecule has 0 saturated carbocycles. The maximum absolute atomic E-state index is 14.0. The second-order valence-electron chi connectivity index (χ2n) is 7.93. The van der Waals surface area contributed by atoms with Gasteiger partial charge in [-0.05, 0) is 28.3 Å². The highest BCUT2D eigenvalue weighted by molar-refractivity contribution is 6.28. The maximum Gasteiger partial charge on any atom is 0.314 e. The van der Waals surface area contributed by atoms with Crippen molar-refractivity contribution in [2.24, 2.45) is 0 Å². The predicted molar refractivity (Wildman–Crippen MR) is 130 cm³/mol. The van der Waals surface area contributed by atoms with Crippen molar-refractivity contribution < 1.29 is 17.6 Å². The Kier molecular flexibility index (Phi) is 6.22. The Morgan fingerprint density at radius 3 is 1.48 bits per heavy atom. The Balaban J connectivity index is 1.95. The Morgan fingerprint density at radius 2 is 1.05 bits per heavy atom. The number of halogens is 4. The van der Waals surface area contributed by atoms with E-state index in [0.29, 0.717) is 0 Å². The van der Waals surface area contributed by atoms with Crippen LogP contribution in [0.25, 0.3) is 48.1 Å². The number of nitriles is 3. The van der Waals surface area contributed by atoms with Gasteiger partial charge in [0.25, 0.3) is 11.4 Å². The van der Waals surface area contributed by atoms with Gasteiger partial charge in [-0.15, -0.1) is 0 Å². The van der Waals surface area contributed by atoms with Gasteiger partial charge in [-0.3, -0.25) is 0 Å². The first-order chi connectivity index (χ1) is 20.2. The summed E-state index contributed by atoms with van der Waals surface area (Å²) in [4.78, 5) is 29.0. The zero-order valence-corrected chi connectivity index (χ0v) is 20.0. The lowest BCUT2D eigenvalue weighted by Gasteiger charge is -2.11. The lowest BCUT2D eigenvalue weighted by atomic mass is 9.93. The normalized spacial score (nSPS) is 15.4. The van der Waals surface area contributed by atoms with E-state index in [9.17, 15) is 33.3 Å². The Hall–Kier alpha value is -7.14. The van der Waals surface area contributed by atoms with Crippen molar-refractivity contribution in [1.82, 2.24) is 29.9 Å². The first-order valence-electron chi connectivity index (χ1n) is 10.9. The topological polar surface area (TPSA) is 162 Å². The van der Waals surface area contributed by atoms with E-state index in [0.717, 1.165) is 0 Å². The van der Waals surface area contributed by atoms with Crippen LogP contribution in [0.2, 0.25) is 0 Å². The molecule has 3 aromatic rings. The number of allylic oxidation sites excluding steroid dienone is 7. The monoisotopic (exact) mass is 558 g/mol. The SMILES string of the molecule is [C-]#[N+]C1=C(c2nc(F)nc(F)n2)/C(=C(/C#N)[N+]#[C-])c2cc3c(cc21)/C(=C(/C#N)[N+]#[C-])C(c1nc(F)nc(F)n1)=C3C#N. The zero-order valence-electron chi connectivity index (χ0n) is 20.0. The molecule has 0 bridgehead atoms. The molecule has 12 nitrogen and oxygen atoms in total. The minimum atomic E-state index is -1.55. The van der Waals surface area contributed by atoms with Crippen molar-refractivity contribution >= 4 is 33.6 Å². The summed E-state index contributed by atoms with van der Waals surface area (Å²) in [6.45, 7) is 22.8. The molecule has 0 aliphatic heterocycles. The highest BCUT2D eigenvalue weighted by Gasteiger charge is 2.38. The van der Waals surface area contributed by atoms with Gasteiger partial charge in [-0.25, -0.2) is 25.1 Å². The molecule has 0 unspecified atom stereocenters. The number of nitrogens with zero attached hydrogens (tertiary/aromatic N) is 12. The summed E-state index contributed by atoms with van der Waals surface area (Å²) in [7, 11) is 0. The number of benzene rings is 1. The molecule has 0 atom stereocenters. The second kappa shape index (κ2) is 9.87. The third-order valence-corrected chi connectivity index (χ3v) is 5.95. The maximum atomic E-state index is 14.0. The van der Waals surface area contributed by atoms with E-state index in [-0.39, 0.29) is 44.7 Å². The Morgan fingerprint density at radius 1 is 0.619 bits per heavy atom. The summed E-state index contributed by atoms with van der Waals surface area (Å²) in [6.07, 6.45) is -6.21. The van der Waals surface area contributed by atoms with Gasteiger partial charge < -0.3 is 0 Å². The van der Waals surface area contributed by atoms with E-state index in [2.05, 4.69) is 44.4 Å². The third-order valence-electron chi connectivity index (χ3n) is 5.95. The first kappa shape index (κ1) is 26.5. The van der Waals surface area contributed by atoms with Crippen molar-refractivity contribution in [3.63, 3.8) is 0 Å². The molecule has 0 fully saturated rings. The standard InChI is InChI=1S/C26H2F4N12/c1-34-14(7-32)16-10-5-12-11(4-9(10)13(6-31)18(16)21-37-23(27)41-24(28)38-21)17(15(8-33)35-2)19(20(12)36-3)22-39-25(29)42-26(30)40-22/h4-5H/b16-14+,17-15-. The molecular formula is C26H2F4N12. The van der Waals surface area contributed by atoms with Crippen LogP contribution in [-0.4, -0.2) is 29.9 Å². The fraction of sp³-hybridized carbons (Fsp3) is 0. The van der Waals surface area contributed by atoms with E-state index in [1.807, 2.05) is 6.07 Å². The smallest absolute Gasteiger partial charge is 0.237 e. The quantitative estimate of drug-likeness (QED) is 0.255. The molecule has 2 aliphatic carbocycles. The number of fused-ring (bicyclic) bond motifs is 2. The lowest BCUT2D eigenvalue weighted by Crippen LogP contribution is -2.05. The van der Waals surface area contributed by atoms with Gasteiger partial charge in [0, 0.05) is 22.3 Å². The van der Waals surface area contributed by atoms with Crippen LogP contribution < -0.4 is 0 Å². The minimum Gasteiger partial charge on any atom is -0.237 e. The fourth-order valence-corrected chi connectivity index (χ4v) is 4.51. The van der Waals surface area contributed by atoms with Crippen LogP contribution in [0, 0.1) is 78.0 Å². The number of aromatic nitrogens is 6. The summed E-state index contributed by atoms with van der Waals surface area (Å²) in [5.74, 6) is -1.43. The van der Waals surface area contributed by atoms with E-state index in [4.69, 9.17) is 19.7 Å². The third kappa shape index (κ3) is 3.87. The summed E-state index contributed by atoms with van der Waals surface area (Å²) in [6, 6.07) is 7.54. The van der Waals surface area contributed by atoms with Crippen molar-refractivity contribution in [2.75, 3.05) is 0 Å². The van der Waals surface area contributed by atoms with Crippen LogP contribution >= 0.6 is 0 Å². The summed E-state index contributed by atoms with van der Waals surface area (Å²) < 4.78 is 55.9. The molecule has 2 aromatic heterocycles. The molecule has 0 saturated heterocycles. The van der Waals surface area contributed by atoms with Crippen LogP contribution in [0.1, 0.15) is 33.9 Å². The molecular weight excluding hydrogens is 556 g/mol. The summed E-state index contributed by atoms with van der Waals surface area (Å²) >= 11 is 0. The van der Waals surface area contributed by atoms with Gasteiger partial charge in [0.05, 0.1) is 37.4 Å². The van der Waals surface area contributed by atoms with Gasteiger partial charge in [-0.2, -0.15) is 52.7 Å². The van der Waals surface area contributed by atoms with Crippen molar-refractivity contribution in [3.05, 3.63) is 116 Å². The number of hydrogen-bond donors (Lipinski definition) is 0. The zero-order chi connectivity index (χ0) is 30.3. The molecule has 0 amide bonds. The van der Waals surface area contributed by atoms with Gasteiger partial charge in [0.1, 0.15) is 6.07 Å².